The summed E-state index contributed by atoms with van der Waals surface area (Å²) in [6, 6.07) is 5.12. The highest BCUT2D eigenvalue weighted by atomic mass is 16.5. The van der Waals surface area contributed by atoms with Gasteiger partial charge in [0.1, 0.15) is 6.10 Å². The highest BCUT2D eigenvalue weighted by Gasteiger charge is 2.19. The molecular formula is C13H21NO4. The first-order chi connectivity index (χ1) is 8.63. The lowest BCUT2D eigenvalue weighted by molar-refractivity contribution is 0.0201. The number of aliphatic hydroxyl groups is 2. The van der Waals surface area contributed by atoms with Gasteiger partial charge in [-0.25, -0.2) is 0 Å². The van der Waals surface area contributed by atoms with E-state index in [1.165, 1.54) is 7.11 Å². The Morgan fingerprint density at radius 1 is 1.28 bits per heavy atom. The summed E-state index contributed by atoms with van der Waals surface area (Å²) in [5.74, 6) is 1.17. The molecule has 1 aromatic carbocycles. The van der Waals surface area contributed by atoms with E-state index in [1.807, 2.05) is 6.92 Å². The molecule has 0 aliphatic carbocycles. The summed E-state index contributed by atoms with van der Waals surface area (Å²) in [7, 11) is 3.26. The third-order valence-electron chi connectivity index (χ3n) is 2.61. The number of hydrogen-bond acceptors (Lipinski definition) is 5. The van der Waals surface area contributed by atoms with Gasteiger partial charge in [-0.2, -0.15) is 0 Å². The SMILES string of the molecule is CCOc1ccc(C(O)C(O)CNC)cc1OC. The van der Waals surface area contributed by atoms with Gasteiger partial charge in [0.25, 0.3) is 0 Å². The molecule has 0 spiro atoms. The van der Waals surface area contributed by atoms with E-state index in [0.717, 1.165) is 0 Å². The molecule has 1 rings (SSSR count). The maximum Gasteiger partial charge on any atom is 0.161 e. The maximum atomic E-state index is 9.97. The predicted octanol–water partition coefficient (Wildman–Crippen LogP) is 0.708. The Kier molecular flexibility index (Phi) is 5.91. The first-order valence-electron chi connectivity index (χ1n) is 5.95. The molecule has 18 heavy (non-hydrogen) atoms. The molecule has 0 heterocycles. The van der Waals surface area contributed by atoms with Gasteiger partial charge < -0.3 is 25.0 Å². The van der Waals surface area contributed by atoms with Crippen LogP contribution in [0.5, 0.6) is 11.5 Å². The fraction of sp³-hybridized carbons (Fsp3) is 0.538. The summed E-state index contributed by atoms with van der Waals surface area (Å²) in [5.41, 5.74) is 0.595. The molecule has 0 bridgehead atoms. The van der Waals surface area contributed by atoms with Gasteiger partial charge in [0.05, 0.1) is 19.8 Å². The molecule has 3 N–H and O–H groups in total. The van der Waals surface area contributed by atoms with Gasteiger partial charge in [-0.15, -0.1) is 0 Å². The van der Waals surface area contributed by atoms with E-state index in [-0.39, 0.29) is 0 Å². The second-order valence-electron chi connectivity index (χ2n) is 3.91. The lowest BCUT2D eigenvalue weighted by Crippen LogP contribution is -2.29. The summed E-state index contributed by atoms with van der Waals surface area (Å²) in [4.78, 5) is 0. The predicted molar refractivity (Wildman–Crippen MR) is 69.1 cm³/mol. The highest BCUT2D eigenvalue weighted by Crippen LogP contribution is 2.31. The second kappa shape index (κ2) is 7.20. The molecule has 2 unspecified atom stereocenters. The highest BCUT2D eigenvalue weighted by molar-refractivity contribution is 5.43. The number of nitrogens with one attached hydrogen (secondary N) is 1. The van der Waals surface area contributed by atoms with Gasteiger partial charge in [-0.3, -0.25) is 0 Å². The van der Waals surface area contributed by atoms with E-state index in [9.17, 15) is 10.2 Å². The van der Waals surface area contributed by atoms with Crippen LogP contribution in [0.4, 0.5) is 0 Å². The standard InChI is InChI=1S/C13H21NO4/c1-4-18-11-6-5-9(7-12(11)17-3)13(16)10(15)8-14-2/h5-7,10,13-16H,4,8H2,1-3H3. The zero-order valence-electron chi connectivity index (χ0n) is 11.0. The number of aliphatic hydroxyl groups excluding tert-OH is 2. The molecule has 1 aromatic rings. The molecule has 5 heteroatoms. The van der Waals surface area contributed by atoms with Crippen molar-refractivity contribution in [1.82, 2.24) is 5.32 Å². The molecule has 0 saturated heterocycles. The van der Waals surface area contributed by atoms with Crippen molar-refractivity contribution in [3.8, 4) is 11.5 Å². The molecule has 0 radical (unpaired) electrons. The largest absolute Gasteiger partial charge is 0.493 e. The molecule has 5 nitrogen and oxygen atoms in total. The minimum absolute atomic E-state index is 0.316. The van der Waals surface area contributed by atoms with E-state index in [0.29, 0.717) is 30.2 Å². The normalized spacial score (nSPS) is 14.1. The van der Waals surface area contributed by atoms with Gasteiger partial charge in [-0.05, 0) is 31.7 Å². The Morgan fingerprint density at radius 2 is 2.00 bits per heavy atom. The van der Waals surface area contributed by atoms with E-state index >= 15 is 0 Å². The minimum atomic E-state index is -0.956. The summed E-state index contributed by atoms with van der Waals surface area (Å²) in [6.45, 7) is 2.75. The number of hydrogen-bond donors (Lipinski definition) is 3. The van der Waals surface area contributed by atoms with Crippen molar-refractivity contribution in [1.29, 1.82) is 0 Å². The van der Waals surface area contributed by atoms with Crippen molar-refractivity contribution >= 4 is 0 Å². The number of methoxy groups -OCH3 is 1. The average molecular weight is 255 g/mol. The number of benzene rings is 1. The molecular weight excluding hydrogens is 234 g/mol. The third kappa shape index (κ3) is 3.60. The molecule has 0 fully saturated rings. The topological polar surface area (TPSA) is 71.0 Å². The summed E-state index contributed by atoms with van der Waals surface area (Å²) in [6.07, 6.45) is -1.82. The average Bonchev–Trinajstić information content (AvgIpc) is 2.39. The van der Waals surface area contributed by atoms with Gasteiger partial charge >= 0.3 is 0 Å². The fourth-order valence-electron chi connectivity index (χ4n) is 1.69. The quantitative estimate of drug-likeness (QED) is 0.669. The van der Waals surface area contributed by atoms with Crippen molar-refractivity contribution in [2.45, 2.75) is 19.1 Å². The molecule has 0 aliphatic rings. The Bertz CT molecular complexity index is 370. The van der Waals surface area contributed by atoms with E-state index < -0.39 is 12.2 Å². The molecule has 0 aromatic heterocycles. The smallest absolute Gasteiger partial charge is 0.161 e. The molecule has 0 amide bonds. The summed E-state index contributed by atoms with van der Waals surface area (Å²) < 4.78 is 10.6. The molecule has 0 aliphatic heterocycles. The van der Waals surface area contributed by atoms with E-state index in [2.05, 4.69) is 5.32 Å². The fourth-order valence-corrected chi connectivity index (χ4v) is 1.69. The number of rotatable bonds is 7. The Hall–Kier alpha value is -1.30. The Labute approximate surface area is 107 Å². The van der Waals surface area contributed by atoms with Gasteiger partial charge in [0.2, 0.25) is 0 Å². The van der Waals surface area contributed by atoms with Crippen LogP contribution in [0.1, 0.15) is 18.6 Å². The molecule has 2 atom stereocenters. The van der Waals surface area contributed by atoms with Crippen molar-refractivity contribution in [2.24, 2.45) is 0 Å². The zero-order chi connectivity index (χ0) is 13.5. The second-order valence-corrected chi connectivity index (χ2v) is 3.91. The van der Waals surface area contributed by atoms with Crippen molar-refractivity contribution in [3.63, 3.8) is 0 Å². The van der Waals surface area contributed by atoms with Crippen LogP contribution in [0.2, 0.25) is 0 Å². The zero-order valence-corrected chi connectivity index (χ0v) is 11.0. The lowest BCUT2D eigenvalue weighted by atomic mass is 10.0. The van der Waals surface area contributed by atoms with Gasteiger partial charge in [0, 0.05) is 6.54 Å². The third-order valence-corrected chi connectivity index (χ3v) is 2.61. The van der Waals surface area contributed by atoms with Gasteiger partial charge in [0.15, 0.2) is 11.5 Å². The van der Waals surface area contributed by atoms with Crippen LogP contribution in [0.25, 0.3) is 0 Å². The first kappa shape index (κ1) is 14.8. The van der Waals surface area contributed by atoms with Crippen LogP contribution in [0, 0.1) is 0 Å². The van der Waals surface area contributed by atoms with Crippen LogP contribution in [0.3, 0.4) is 0 Å². The Balaban J connectivity index is 2.90. The van der Waals surface area contributed by atoms with Crippen LogP contribution in [-0.2, 0) is 0 Å². The number of likely N-dealkylation sites (N-methyl/N-ethyl adjacent to an activating group) is 1. The monoisotopic (exact) mass is 255 g/mol. The van der Waals surface area contributed by atoms with Crippen molar-refractivity contribution in [3.05, 3.63) is 23.8 Å². The molecule has 0 saturated carbocycles. The first-order valence-corrected chi connectivity index (χ1v) is 5.95. The van der Waals surface area contributed by atoms with Crippen molar-refractivity contribution < 1.29 is 19.7 Å². The lowest BCUT2D eigenvalue weighted by Gasteiger charge is -2.19. The summed E-state index contributed by atoms with van der Waals surface area (Å²) >= 11 is 0. The van der Waals surface area contributed by atoms with Gasteiger partial charge in [-0.1, -0.05) is 6.07 Å². The van der Waals surface area contributed by atoms with E-state index in [4.69, 9.17) is 9.47 Å². The van der Waals surface area contributed by atoms with Crippen LogP contribution >= 0.6 is 0 Å². The van der Waals surface area contributed by atoms with Crippen LogP contribution in [0.15, 0.2) is 18.2 Å². The van der Waals surface area contributed by atoms with Crippen molar-refractivity contribution in [2.75, 3.05) is 27.3 Å². The molecule has 102 valence electrons. The number of ether oxygens (including phenoxy) is 2. The minimum Gasteiger partial charge on any atom is -0.493 e. The Morgan fingerprint density at radius 3 is 2.56 bits per heavy atom. The van der Waals surface area contributed by atoms with Crippen LogP contribution in [-0.4, -0.2) is 43.6 Å². The van der Waals surface area contributed by atoms with Crippen LogP contribution < -0.4 is 14.8 Å². The maximum absolute atomic E-state index is 9.97. The van der Waals surface area contributed by atoms with E-state index in [1.54, 1.807) is 25.2 Å². The summed E-state index contributed by atoms with van der Waals surface area (Å²) in [5, 5.41) is 22.5.